The maximum Gasteiger partial charge on any atom is 0.191 e. The van der Waals surface area contributed by atoms with E-state index in [4.69, 9.17) is 0 Å². The SMILES string of the molecule is CCNC(=NCc1nncn1C)NCc1ccc(CC)s1.I. The predicted octanol–water partition coefficient (Wildman–Crippen LogP) is 2.31. The molecule has 0 aliphatic carbocycles. The molecule has 22 heavy (non-hydrogen) atoms. The zero-order valence-corrected chi connectivity index (χ0v) is 16.3. The average molecular weight is 434 g/mol. The lowest BCUT2D eigenvalue weighted by Crippen LogP contribution is -2.36. The molecule has 2 rings (SSSR count). The summed E-state index contributed by atoms with van der Waals surface area (Å²) < 4.78 is 1.87. The highest BCUT2D eigenvalue weighted by molar-refractivity contribution is 14.0. The van der Waals surface area contributed by atoms with Gasteiger partial charge in [0.1, 0.15) is 12.9 Å². The van der Waals surface area contributed by atoms with Gasteiger partial charge in [-0.25, -0.2) is 4.99 Å². The number of hydrogen-bond donors (Lipinski definition) is 2. The largest absolute Gasteiger partial charge is 0.357 e. The molecule has 2 N–H and O–H groups in total. The van der Waals surface area contributed by atoms with Gasteiger partial charge in [-0.2, -0.15) is 0 Å². The summed E-state index contributed by atoms with van der Waals surface area (Å²) >= 11 is 1.84. The highest BCUT2D eigenvalue weighted by Crippen LogP contribution is 2.16. The van der Waals surface area contributed by atoms with Crippen molar-refractivity contribution in [3.8, 4) is 0 Å². The Kier molecular flexibility index (Phi) is 8.39. The summed E-state index contributed by atoms with van der Waals surface area (Å²) in [4.78, 5) is 7.26. The molecule has 0 saturated carbocycles. The van der Waals surface area contributed by atoms with Crippen LogP contribution in [0.15, 0.2) is 23.5 Å². The van der Waals surface area contributed by atoms with Crippen LogP contribution >= 0.6 is 35.3 Å². The molecular weight excluding hydrogens is 411 g/mol. The van der Waals surface area contributed by atoms with Gasteiger partial charge in [0.2, 0.25) is 0 Å². The molecule has 2 aromatic heterocycles. The molecule has 0 radical (unpaired) electrons. The Bertz CT molecular complexity index is 592. The Morgan fingerprint density at radius 3 is 2.64 bits per heavy atom. The number of nitrogens with zero attached hydrogens (tertiary/aromatic N) is 4. The molecule has 0 amide bonds. The summed E-state index contributed by atoms with van der Waals surface area (Å²) in [6.07, 6.45) is 2.77. The highest BCUT2D eigenvalue weighted by atomic mass is 127. The molecule has 122 valence electrons. The zero-order chi connectivity index (χ0) is 15.1. The number of aryl methyl sites for hydroxylation is 2. The van der Waals surface area contributed by atoms with Crippen LogP contribution in [-0.2, 0) is 26.6 Å². The zero-order valence-electron chi connectivity index (χ0n) is 13.2. The van der Waals surface area contributed by atoms with Crippen LogP contribution < -0.4 is 10.6 Å². The molecule has 0 aliphatic rings. The van der Waals surface area contributed by atoms with Crippen LogP contribution in [0.4, 0.5) is 0 Å². The molecule has 0 saturated heterocycles. The van der Waals surface area contributed by atoms with Crippen LogP contribution in [0.5, 0.6) is 0 Å². The molecule has 0 fully saturated rings. The van der Waals surface area contributed by atoms with Crippen molar-refractivity contribution < 1.29 is 0 Å². The first-order chi connectivity index (χ1) is 10.2. The van der Waals surface area contributed by atoms with E-state index < -0.39 is 0 Å². The third kappa shape index (κ3) is 5.56. The van der Waals surface area contributed by atoms with Gasteiger partial charge in [0, 0.05) is 23.3 Å². The molecule has 8 heteroatoms. The first-order valence-electron chi connectivity index (χ1n) is 7.15. The van der Waals surface area contributed by atoms with Crippen LogP contribution in [0.3, 0.4) is 0 Å². The summed E-state index contributed by atoms with van der Waals surface area (Å²) in [5.41, 5.74) is 0. The number of thiophene rings is 1. The first kappa shape index (κ1) is 18.9. The van der Waals surface area contributed by atoms with Gasteiger partial charge in [-0.1, -0.05) is 6.92 Å². The van der Waals surface area contributed by atoms with E-state index in [0.29, 0.717) is 6.54 Å². The predicted molar refractivity (Wildman–Crippen MR) is 102 cm³/mol. The number of aliphatic imine (C=N–C) groups is 1. The lowest BCUT2D eigenvalue weighted by Gasteiger charge is -2.10. The van der Waals surface area contributed by atoms with Crippen molar-refractivity contribution in [2.45, 2.75) is 33.4 Å². The van der Waals surface area contributed by atoms with Crippen molar-refractivity contribution in [2.75, 3.05) is 6.54 Å². The van der Waals surface area contributed by atoms with E-state index in [2.05, 4.69) is 51.8 Å². The molecule has 0 bridgehead atoms. The van der Waals surface area contributed by atoms with E-state index in [0.717, 1.165) is 31.3 Å². The molecule has 0 unspecified atom stereocenters. The van der Waals surface area contributed by atoms with Crippen LogP contribution in [-0.4, -0.2) is 27.3 Å². The topological polar surface area (TPSA) is 67.1 Å². The fraction of sp³-hybridized carbons (Fsp3) is 0.500. The monoisotopic (exact) mass is 434 g/mol. The van der Waals surface area contributed by atoms with E-state index in [9.17, 15) is 0 Å². The Hall–Kier alpha value is -1.16. The number of guanidine groups is 1. The third-order valence-corrected chi connectivity index (χ3v) is 4.25. The van der Waals surface area contributed by atoms with Gasteiger partial charge in [0.25, 0.3) is 0 Å². The first-order valence-corrected chi connectivity index (χ1v) is 7.97. The van der Waals surface area contributed by atoms with E-state index in [1.807, 2.05) is 23.0 Å². The second-order valence-electron chi connectivity index (χ2n) is 4.63. The fourth-order valence-corrected chi connectivity index (χ4v) is 2.72. The molecule has 2 heterocycles. The normalized spacial score (nSPS) is 11.1. The maximum atomic E-state index is 4.53. The van der Waals surface area contributed by atoms with E-state index in [-0.39, 0.29) is 24.0 Å². The van der Waals surface area contributed by atoms with Crippen molar-refractivity contribution >= 4 is 41.3 Å². The molecule has 0 aliphatic heterocycles. The van der Waals surface area contributed by atoms with Gasteiger partial charge in [0.05, 0.1) is 6.54 Å². The quantitative estimate of drug-likeness (QED) is 0.416. The molecule has 0 aromatic carbocycles. The standard InChI is InChI=1S/C14H22N6S.HI/c1-4-11-6-7-12(21-11)8-16-14(15-5-2)17-9-13-19-18-10-20(13)3;/h6-7,10H,4-5,8-9H2,1-3H3,(H2,15,16,17);1H. The van der Waals surface area contributed by atoms with Crippen LogP contribution in [0.25, 0.3) is 0 Å². The van der Waals surface area contributed by atoms with Gasteiger partial charge >= 0.3 is 0 Å². The fourth-order valence-electron chi connectivity index (χ4n) is 1.82. The number of nitrogens with one attached hydrogen (secondary N) is 2. The third-order valence-electron chi connectivity index (χ3n) is 3.02. The Morgan fingerprint density at radius 1 is 1.27 bits per heavy atom. The Balaban J connectivity index is 0.00000242. The lowest BCUT2D eigenvalue weighted by molar-refractivity contribution is 0.769. The average Bonchev–Trinajstić information content (AvgIpc) is 3.11. The maximum absolute atomic E-state index is 4.53. The molecule has 0 atom stereocenters. The molecule has 0 spiro atoms. The van der Waals surface area contributed by atoms with Crippen LogP contribution in [0.2, 0.25) is 0 Å². The van der Waals surface area contributed by atoms with E-state index >= 15 is 0 Å². The summed E-state index contributed by atoms with van der Waals surface area (Å²) in [6.45, 7) is 6.36. The summed E-state index contributed by atoms with van der Waals surface area (Å²) in [5.74, 6) is 1.64. The highest BCUT2D eigenvalue weighted by Gasteiger charge is 2.03. The summed E-state index contributed by atoms with van der Waals surface area (Å²) in [7, 11) is 1.92. The minimum absolute atomic E-state index is 0. The Morgan fingerprint density at radius 2 is 2.05 bits per heavy atom. The van der Waals surface area contributed by atoms with Crippen molar-refractivity contribution in [1.82, 2.24) is 25.4 Å². The van der Waals surface area contributed by atoms with Crippen molar-refractivity contribution in [2.24, 2.45) is 12.0 Å². The Labute approximate surface area is 152 Å². The smallest absolute Gasteiger partial charge is 0.191 e. The lowest BCUT2D eigenvalue weighted by atomic mass is 10.4. The van der Waals surface area contributed by atoms with E-state index in [1.165, 1.54) is 9.75 Å². The van der Waals surface area contributed by atoms with Gasteiger partial charge in [-0.15, -0.1) is 45.5 Å². The van der Waals surface area contributed by atoms with Crippen LogP contribution in [0.1, 0.15) is 29.4 Å². The van der Waals surface area contributed by atoms with Crippen molar-refractivity contribution in [1.29, 1.82) is 0 Å². The minimum atomic E-state index is 0. The van der Waals surface area contributed by atoms with Gasteiger partial charge in [0.15, 0.2) is 11.8 Å². The molecular formula is C14H23IN6S. The van der Waals surface area contributed by atoms with Crippen LogP contribution in [0, 0.1) is 0 Å². The van der Waals surface area contributed by atoms with Gasteiger partial charge in [-0.05, 0) is 25.5 Å². The second-order valence-corrected chi connectivity index (χ2v) is 5.88. The molecule has 6 nitrogen and oxygen atoms in total. The number of hydrogen-bond acceptors (Lipinski definition) is 4. The minimum Gasteiger partial charge on any atom is -0.357 e. The van der Waals surface area contributed by atoms with Gasteiger partial charge in [-0.3, -0.25) is 0 Å². The van der Waals surface area contributed by atoms with E-state index in [1.54, 1.807) is 6.33 Å². The summed E-state index contributed by atoms with van der Waals surface area (Å²) in [5, 5.41) is 14.5. The number of halogens is 1. The van der Waals surface area contributed by atoms with Gasteiger partial charge < -0.3 is 15.2 Å². The second kappa shape index (κ2) is 9.78. The molecule has 2 aromatic rings. The summed E-state index contributed by atoms with van der Waals surface area (Å²) in [6, 6.07) is 4.36. The number of rotatable bonds is 6. The number of aromatic nitrogens is 3. The van der Waals surface area contributed by atoms with Crippen molar-refractivity contribution in [3.05, 3.63) is 34.0 Å². The van der Waals surface area contributed by atoms with Crippen molar-refractivity contribution in [3.63, 3.8) is 0 Å².